The van der Waals surface area contributed by atoms with Crippen molar-refractivity contribution in [1.29, 1.82) is 0 Å². The second-order valence-corrected chi connectivity index (χ2v) is 18.2. The first kappa shape index (κ1) is 52.2. The number of rotatable bonds is 47. The highest BCUT2D eigenvalue weighted by atomic mass is 28.2. The van der Waals surface area contributed by atoms with Gasteiger partial charge in [0.1, 0.15) is 10.5 Å². The molecule has 2 heteroatoms. The van der Waals surface area contributed by atoms with Gasteiger partial charge in [-0.2, -0.15) is 0 Å². The summed E-state index contributed by atoms with van der Waals surface area (Å²) >= 11 is 0. The third-order valence-electron chi connectivity index (χ3n) is 12.6. The van der Waals surface area contributed by atoms with E-state index in [9.17, 15) is 0 Å². The van der Waals surface area contributed by atoms with E-state index in [1.807, 2.05) is 0 Å². The van der Waals surface area contributed by atoms with Gasteiger partial charge in [0, 0.05) is 0 Å². The summed E-state index contributed by atoms with van der Waals surface area (Å²) in [5.74, 6) is 0. The molecular weight excluding hydrogens is 645 g/mol. The molecule has 0 aliphatic carbocycles. The average molecular weight is 749 g/mol. The van der Waals surface area contributed by atoms with E-state index in [0.29, 0.717) is 0 Å². The molecule has 0 radical (unpaired) electrons. The highest BCUT2D eigenvalue weighted by Crippen LogP contribution is 2.32. The van der Waals surface area contributed by atoms with E-state index < -0.39 is 0 Å². The number of hydrogen-bond donors (Lipinski definition) is 0. The van der Waals surface area contributed by atoms with Crippen molar-refractivity contribution in [1.82, 2.24) is 0 Å². The first-order valence-electron chi connectivity index (χ1n) is 25.3. The molecule has 0 spiro atoms. The van der Waals surface area contributed by atoms with Gasteiger partial charge in [-0.15, -0.1) is 0 Å². The molecule has 0 rings (SSSR count). The van der Waals surface area contributed by atoms with Crippen molar-refractivity contribution in [2.24, 2.45) is 0 Å². The monoisotopic (exact) mass is 749 g/mol. The average Bonchev–Trinajstić information content (AvgIpc) is 3.16. The van der Waals surface area contributed by atoms with Crippen molar-refractivity contribution in [2.45, 2.75) is 322 Å². The van der Waals surface area contributed by atoms with Crippen LogP contribution in [-0.2, 0) is 4.43 Å². The van der Waals surface area contributed by atoms with Crippen LogP contribution in [0.1, 0.15) is 316 Å². The Hall–Kier alpha value is 0.177. The van der Waals surface area contributed by atoms with Crippen molar-refractivity contribution in [3.8, 4) is 0 Å². The Morgan fingerprint density at radius 1 is 0.231 bits per heavy atom. The molecule has 0 saturated carbocycles. The van der Waals surface area contributed by atoms with Crippen LogP contribution in [0.3, 0.4) is 0 Å². The maximum absolute atomic E-state index is 6.62. The Labute approximate surface area is 335 Å². The zero-order valence-corrected chi connectivity index (χ0v) is 39.4. The van der Waals surface area contributed by atoms with Crippen LogP contribution in [0.2, 0.25) is 0 Å². The lowest BCUT2D eigenvalue weighted by Crippen LogP contribution is -2.32. The van der Waals surface area contributed by atoms with Gasteiger partial charge < -0.3 is 4.43 Å². The quantitative estimate of drug-likeness (QED) is 0.0445. The highest BCUT2D eigenvalue weighted by molar-refractivity contribution is 5.98. The van der Waals surface area contributed by atoms with Gasteiger partial charge in [-0.25, -0.2) is 0 Å². The lowest BCUT2D eigenvalue weighted by Gasteiger charge is -2.34. The molecule has 0 bridgehead atoms. The van der Waals surface area contributed by atoms with Crippen molar-refractivity contribution in [2.75, 3.05) is 0 Å². The Balaban J connectivity index is 4.20. The van der Waals surface area contributed by atoms with Gasteiger partial charge in [0.05, 0.1) is 5.60 Å². The molecule has 0 aromatic heterocycles. The van der Waals surface area contributed by atoms with Gasteiger partial charge in [0.15, 0.2) is 0 Å². The predicted molar refractivity (Wildman–Crippen MR) is 243 cm³/mol. The normalized spacial score (nSPS) is 12.1. The molecular formula is C50H104OSi. The lowest BCUT2D eigenvalue weighted by molar-refractivity contribution is 0.0422. The summed E-state index contributed by atoms with van der Waals surface area (Å²) in [6.45, 7) is 6.95. The zero-order valence-electron chi connectivity index (χ0n) is 37.4. The molecule has 0 fully saturated rings. The van der Waals surface area contributed by atoms with Crippen molar-refractivity contribution < 1.29 is 4.43 Å². The van der Waals surface area contributed by atoms with Crippen LogP contribution in [-0.4, -0.2) is 16.1 Å². The Bertz CT molecular complexity index is 587. The highest BCUT2D eigenvalue weighted by Gasteiger charge is 2.27. The second kappa shape index (κ2) is 45.6. The fourth-order valence-corrected chi connectivity index (χ4v) is 9.40. The van der Waals surface area contributed by atoms with Crippen molar-refractivity contribution >= 4 is 10.5 Å². The summed E-state index contributed by atoms with van der Waals surface area (Å²) in [6.07, 6.45) is 66.5. The van der Waals surface area contributed by atoms with Crippen LogP contribution < -0.4 is 0 Å². The SMILES string of the molecule is CCCCCCCCCCCCCCCCCC(CCCCCCCCCCCCCCCC)(CCCCCCCCCCCCCCCC)O[SiH3]. The standard InChI is InChI=1S/C50H104OSi/c1-4-7-10-13-16-19-22-25-28-31-34-37-40-43-46-49-50(51-52,47-44-41-38-35-32-29-26-23-20-17-14-11-8-5-2)48-45-42-39-36-33-30-27-24-21-18-15-12-9-6-3/h4-49H2,1-3,52H3. The van der Waals surface area contributed by atoms with Gasteiger partial charge >= 0.3 is 0 Å². The minimum absolute atomic E-state index is 0.219. The van der Waals surface area contributed by atoms with Gasteiger partial charge in [-0.1, -0.05) is 297 Å². The van der Waals surface area contributed by atoms with E-state index in [2.05, 4.69) is 20.8 Å². The third kappa shape index (κ3) is 39.9. The van der Waals surface area contributed by atoms with Crippen molar-refractivity contribution in [3.05, 3.63) is 0 Å². The second-order valence-electron chi connectivity index (χ2n) is 17.8. The minimum atomic E-state index is 0.219. The smallest absolute Gasteiger partial charge is 0.146 e. The molecule has 0 aromatic carbocycles. The van der Waals surface area contributed by atoms with Crippen LogP contribution in [0.5, 0.6) is 0 Å². The van der Waals surface area contributed by atoms with Gasteiger partial charge in [-0.3, -0.25) is 0 Å². The molecule has 0 aliphatic heterocycles. The predicted octanol–water partition coefficient (Wildman–Crippen LogP) is 18.0. The van der Waals surface area contributed by atoms with E-state index in [1.54, 1.807) is 0 Å². The van der Waals surface area contributed by atoms with Crippen LogP contribution in [0, 0.1) is 0 Å². The third-order valence-corrected chi connectivity index (χ3v) is 13.5. The van der Waals surface area contributed by atoms with Crippen molar-refractivity contribution in [3.63, 3.8) is 0 Å². The van der Waals surface area contributed by atoms with Crippen LogP contribution in [0.15, 0.2) is 0 Å². The largest absolute Gasteiger partial charge is 0.422 e. The van der Waals surface area contributed by atoms with E-state index in [0.717, 1.165) is 10.5 Å². The Morgan fingerprint density at radius 2 is 0.365 bits per heavy atom. The summed E-state index contributed by atoms with van der Waals surface area (Å²) in [6, 6.07) is 0. The van der Waals surface area contributed by atoms with E-state index in [-0.39, 0.29) is 5.60 Å². The van der Waals surface area contributed by atoms with Gasteiger partial charge in [0.25, 0.3) is 0 Å². The summed E-state index contributed by atoms with van der Waals surface area (Å²) in [4.78, 5) is 0. The summed E-state index contributed by atoms with van der Waals surface area (Å²) in [7, 11) is 0.909. The van der Waals surface area contributed by atoms with Crippen LogP contribution in [0.4, 0.5) is 0 Å². The Kier molecular flexibility index (Phi) is 45.7. The van der Waals surface area contributed by atoms with E-state index in [4.69, 9.17) is 4.43 Å². The van der Waals surface area contributed by atoms with Gasteiger partial charge in [0.2, 0.25) is 0 Å². The van der Waals surface area contributed by atoms with E-state index >= 15 is 0 Å². The molecule has 0 heterocycles. The van der Waals surface area contributed by atoms with E-state index in [1.165, 1.54) is 295 Å². The maximum atomic E-state index is 6.62. The fraction of sp³-hybridized carbons (Fsp3) is 1.00. The van der Waals surface area contributed by atoms with Crippen LogP contribution in [0.25, 0.3) is 0 Å². The molecule has 0 amide bonds. The summed E-state index contributed by atoms with van der Waals surface area (Å²) < 4.78 is 6.62. The molecule has 0 saturated heterocycles. The lowest BCUT2D eigenvalue weighted by atomic mass is 9.85. The molecule has 52 heavy (non-hydrogen) atoms. The van der Waals surface area contributed by atoms with Crippen LogP contribution >= 0.6 is 0 Å². The topological polar surface area (TPSA) is 9.23 Å². The summed E-state index contributed by atoms with van der Waals surface area (Å²) in [5, 5.41) is 0. The maximum Gasteiger partial charge on any atom is 0.146 e. The number of unbranched alkanes of at least 4 members (excludes halogenated alkanes) is 40. The minimum Gasteiger partial charge on any atom is -0.422 e. The molecule has 314 valence electrons. The first-order valence-corrected chi connectivity index (χ1v) is 26.1. The fourth-order valence-electron chi connectivity index (χ4n) is 8.78. The molecule has 0 aliphatic rings. The molecule has 0 atom stereocenters. The first-order chi connectivity index (χ1) is 25.7. The molecule has 1 nitrogen and oxygen atoms in total. The summed E-state index contributed by atoms with van der Waals surface area (Å²) in [5.41, 5.74) is 0.219. The molecule has 0 unspecified atom stereocenters. The molecule has 0 N–H and O–H groups in total. The zero-order chi connectivity index (χ0) is 37.7. The number of hydrogen-bond acceptors (Lipinski definition) is 1. The molecule has 0 aromatic rings. The Morgan fingerprint density at radius 3 is 0.500 bits per heavy atom. The van der Waals surface area contributed by atoms with Gasteiger partial charge in [-0.05, 0) is 19.3 Å².